The molecule has 0 atom stereocenters. The van der Waals surface area contributed by atoms with Crippen molar-refractivity contribution in [2.45, 2.75) is 18.9 Å². The van der Waals surface area contributed by atoms with Gasteiger partial charge in [0.05, 0.1) is 11.7 Å². The van der Waals surface area contributed by atoms with Gasteiger partial charge in [0.2, 0.25) is 0 Å². The normalized spacial score (nSPS) is 16.0. The zero-order valence-corrected chi connectivity index (χ0v) is 11.2. The third-order valence-electron chi connectivity index (χ3n) is 3.33. The van der Waals surface area contributed by atoms with Crippen molar-refractivity contribution in [2.24, 2.45) is 0 Å². The molecular formula is C14H15F2NO4. The van der Waals surface area contributed by atoms with Crippen LogP contribution in [0, 0.1) is 11.6 Å². The van der Waals surface area contributed by atoms with Crippen molar-refractivity contribution in [1.82, 2.24) is 4.90 Å². The molecule has 2 rings (SSSR count). The molecule has 0 radical (unpaired) electrons. The van der Waals surface area contributed by atoms with Crippen LogP contribution in [0.25, 0.3) is 0 Å². The lowest BCUT2D eigenvalue weighted by molar-refractivity contribution is -0.145. The highest BCUT2D eigenvalue weighted by Crippen LogP contribution is 2.18. The van der Waals surface area contributed by atoms with Crippen LogP contribution in [0.1, 0.15) is 23.2 Å². The highest BCUT2D eigenvalue weighted by molar-refractivity contribution is 5.94. The lowest BCUT2D eigenvalue weighted by atomic mass is 10.1. The van der Waals surface area contributed by atoms with Crippen molar-refractivity contribution in [3.63, 3.8) is 0 Å². The largest absolute Gasteiger partial charge is 0.480 e. The number of likely N-dealkylation sites (tertiary alicyclic amines) is 1. The molecule has 1 aliphatic rings. The van der Waals surface area contributed by atoms with Gasteiger partial charge >= 0.3 is 5.97 Å². The van der Waals surface area contributed by atoms with Gasteiger partial charge < -0.3 is 14.7 Å². The van der Waals surface area contributed by atoms with Crippen LogP contribution in [0.2, 0.25) is 0 Å². The topological polar surface area (TPSA) is 66.8 Å². The predicted octanol–water partition coefficient (Wildman–Crippen LogP) is 1.67. The number of ether oxygens (including phenoxy) is 1. The number of benzene rings is 1. The highest BCUT2D eigenvalue weighted by atomic mass is 19.1. The van der Waals surface area contributed by atoms with Crippen molar-refractivity contribution in [2.75, 3.05) is 19.7 Å². The van der Waals surface area contributed by atoms with Gasteiger partial charge in [-0.1, -0.05) is 0 Å². The standard InChI is InChI=1S/C14H15F2NO4/c15-9-1-2-11(12(16)7-9)14(20)17-5-3-10(4-6-17)21-8-13(18)19/h1-2,7,10H,3-6,8H2,(H,18,19). The summed E-state index contributed by atoms with van der Waals surface area (Å²) in [5.74, 6) is -3.15. The maximum atomic E-state index is 13.6. The van der Waals surface area contributed by atoms with Gasteiger partial charge in [0, 0.05) is 19.2 Å². The maximum absolute atomic E-state index is 13.6. The first kappa shape index (κ1) is 15.4. The summed E-state index contributed by atoms with van der Waals surface area (Å²) in [4.78, 5) is 24.0. The second-order valence-corrected chi connectivity index (χ2v) is 4.82. The molecule has 114 valence electrons. The Bertz CT molecular complexity index is 542. The van der Waals surface area contributed by atoms with Crippen molar-refractivity contribution >= 4 is 11.9 Å². The minimum atomic E-state index is -1.04. The SMILES string of the molecule is O=C(O)COC1CCN(C(=O)c2ccc(F)cc2F)CC1. The lowest BCUT2D eigenvalue weighted by Crippen LogP contribution is -2.41. The van der Waals surface area contributed by atoms with Gasteiger partial charge in [-0.3, -0.25) is 4.79 Å². The molecule has 1 aromatic rings. The van der Waals surface area contributed by atoms with E-state index in [2.05, 4.69) is 0 Å². The minimum absolute atomic E-state index is 0.165. The number of hydrogen-bond acceptors (Lipinski definition) is 3. The van der Waals surface area contributed by atoms with Gasteiger partial charge in [0.25, 0.3) is 5.91 Å². The monoisotopic (exact) mass is 299 g/mol. The molecule has 0 unspecified atom stereocenters. The molecule has 5 nitrogen and oxygen atoms in total. The number of piperidine rings is 1. The third-order valence-corrected chi connectivity index (χ3v) is 3.33. The number of carbonyl (C=O) groups excluding carboxylic acids is 1. The Morgan fingerprint density at radius 3 is 2.52 bits per heavy atom. The molecule has 0 aromatic heterocycles. The van der Waals surface area contributed by atoms with E-state index in [1.807, 2.05) is 0 Å². The van der Waals surface area contributed by atoms with E-state index in [0.29, 0.717) is 32.0 Å². The van der Waals surface area contributed by atoms with Gasteiger partial charge in [0.15, 0.2) is 0 Å². The smallest absolute Gasteiger partial charge is 0.329 e. The van der Waals surface area contributed by atoms with Crippen LogP contribution in [0.15, 0.2) is 18.2 Å². The van der Waals surface area contributed by atoms with Crippen molar-refractivity contribution in [3.8, 4) is 0 Å². The summed E-state index contributed by atoms with van der Waals surface area (Å²) in [5.41, 5.74) is -0.165. The molecule has 1 saturated heterocycles. The van der Waals surface area contributed by atoms with Gasteiger partial charge in [-0.15, -0.1) is 0 Å². The van der Waals surface area contributed by atoms with Crippen LogP contribution < -0.4 is 0 Å². The molecule has 1 aromatic carbocycles. The van der Waals surface area contributed by atoms with E-state index in [0.717, 1.165) is 12.1 Å². The second-order valence-electron chi connectivity index (χ2n) is 4.82. The number of amides is 1. The first-order valence-corrected chi connectivity index (χ1v) is 6.55. The number of carboxylic acids is 1. The fourth-order valence-corrected chi connectivity index (χ4v) is 2.25. The van der Waals surface area contributed by atoms with Crippen molar-refractivity contribution in [1.29, 1.82) is 0 Å². The van der Waals surface area contributed by atoms with Crippen LogP contribution in [0.3, 0.4) is 0 Å². The molecule has 1 amide bonds. The molecule has 0 aliphatic carbocycles. The summed E-state index contributed by atoms with van der Waals surface area (Å²) in [6.45, 7) is 0.324. The third kappa shape index (κ3) is 3.98. The van der Waals surface area contributed by atoms with E-state index < -0.39 is 23.5 Å². The van der Waals surface area contributed by atoms with Crippen LogP contribution in [0.4, 0.5) is 8.78 Å². The van der Waals surface area contributed by atoms with E-state index in [-0.39, 0.29) is 18.3 Å². The molecule has 21 heavy (non-hydrogen) atoms. The fourth-order valence-electron chi connectivity index (χ4n) is 2.25. The summed E-state index contributed by atoms with van der Waals surface area (Å²) in [6.07, 6.45) is 0.757. The number of carbonyl (C=O) groups is 2. The lowest BCUT2D eigenvalue weighted by Gasteiger charge is -2.31. The predicted molar refractivity (Wildman–Crippen MR) is 68.9 cm³/mol. The first-order valence-electron chi connectivity index (χ1n) is 6.55. The van der Waals surface area contributed by atoms with Gasteiger partial charge in [-0.25, -0.2) is 13.6 Å². The zero-order valence-electron chi connectivity index (χ0n) is 11.2. The van der Waals surface area contributed by atoms with Gasteiger partial charge in [-0.2, -0.15) is 0 Å². The Morgan fingerprint density at radius 2 is 1.95 bits per heavy atom. The zero-order chi connectivity index (χ0) is 15.4. The Labute approximate surface area is 120 Å². The number of carboxylic acid groups (broad SMARTS) is 1. The van der Waals surface area contributed by atoms with Gasteiger partial charge in [0.1, 0.15) is 18.2 Å². The second kappa shape index (κ2) is 6.62. The summed E-state index contributed by atoms with van der Waals surface area (Å²) in [6, 6.07) is 2.84. The Morgan fingerprint density at radius 1 is 1.29 bits per heavy atom. The van der Waals surface area contributed by atoms with Crippen molar-refractivity contribution < 1.29 is 28.2 Å². The number of nitrogens with zero attached hydrogens (tertiary/aromatic N) is 1. The summed E-state index contributed by atoms with van der Waals surface area (Å²) in [7, 11) is 0. The number of hydrogen-bond donors (Lipinski definition) is 1. The molecule has 7 heteroatoms. The summed E-state index contributed by atoms with van der Waals surface area (Å²) >= 11 is 0. The average molecular weight is 299 g/mol. The molecule has 1 fully saturated rings. The van der Waals surface area contributed by atoms with E-state index in [9.17, 15) is 18.4 Å². The summed E-state index contributed by atoms with van der Waals surface area (Å²) < 4.78 is 31.5. The van der Waals surface area contributed by atoms with Crippen LogP contribution in [-0.2, 0) is 9.53 Å². The van der Waals surface area contributed by atoms with Crippen LogP contribution in [-0.4, -0.2) is 47.7 Å². The first-order chi connectivity index (χ1) is 9.97. The Balaban J connectivity index is 1.92. The molecule has 0 saturated carbocycles. The fraction of sp³-hybridized carbons (Fsp3) is 0.429. The van der Waals surface area contributed by atoms with E-state index in [4.69, 9.17) is 9.84 Å². The Hall–Kier alpha value is -2.02. The minimum Gasteiger partial charge on any atom is -0.480 e. The van der Waals surface area contributed by atoms with Crippen LogP contribution in [0.5, 0.6) is 0 Å². The quantitative estimate of drug-likeness (QED) is 0.918. The van der Waals surface area contributed by atoms with Crippen molar-refractivity contribution in [3.05, 3.63) is 35.4 Å². The number of rotatable bonds is 4. The summed E-state index contributed by atoms with van der Waals surface area (Å²) in [5, 5.41) is 8.52. The molecule has 0 bridgehead atoms. The maximum Gasteiger partial charge on any atom is 0.329 e. The average Bonchev–Trinajstić information content (AvgIpc) is 2.45. The number of aliphatic carboxylic acids is 1. The highest BCUT2D eigenvalue weighted by Gasteiger charge is 2.26. The van der Waals surface area contributed by atoms with Gasteiger partial charge in [-0.05, 0) is 25.0 Å². The molecule has 0 spiro atoms. The Kier molecular flexibility index (Phi) is 4.85. The molecule has 1 heterocycles. The van der Waals surface area contributed by atoms with E-state index in [1.54, 1.807) is 0 Å². The molecule has 1 aliphatic heterocycles. The molecular weight excluding hydrogens is 284 g/mol. The number of halogens is 2. The van der Waals surface area contributed by atoms with E-state index >= 15 is 0 Å². The van der Waals surface area contributed by atoms with E-state index in [1.165, 1.54) is 4.90 Å². The molecule has 1 N–H and O–H groups in total. The van der Waals surface area contributed by atoms with Crippen LogP contribution >= 0.6 is 0 Å².